The van der Waals surface area contributed by atoms with Gasteiger partial charge in [-0.05, 0) is 69.6 Å². The Kier molecular flexibility index (Phi) is 6.02. The van der Waals surface area contributed by atoms with Crippen molar-refractivity contribution in [2.75, 3.05) is 25.0 Å². The van der Waals surface area contributed by atoms with Crippen LogP contribution in [0.4, 0.5) is 18.9 Å². The second-order valence-corrected chi connectivity index (χ2v) is 9.05. The summed E-state index contributed by atoms with van der Waals surface area (Å²) in [6, 6.07) is 4.79. The molecule has 0 aromatic heterocycles. The molecular weight excluding hydrogens is 395 g/mol. The van der Waals surface area contributed by atoms with Gasteiger partial charge in [-0.3, -0.25) is 4.79 Å². The van der Waals surface area contributed by atoms with Crippen LogP contribution in [0.2, 0.25) is 0 Å². The third-order valence-electron chi connectivity index (χ3n) is 5.22. The zero-order valence-electron chi connectivity index (χ0n) is 15.6. The van der Waals surface area contributed by atoms with Gasteiger partial charge < -0.3 is 10.2 Å². The van der Waals surface area contributed by atoms with Crippen molar-refractivity contribution in [2.24, 2.45) is 0 Å². The van der Waals surface area contributed by atoms with E-state index in [2.05, 4.69) is 11.8 Å². The van der Waals surface area contributed by atoms with Gasteiger partial charge in [0.1, 0.15) is 0 Å². The van der Waals surface area contributed by atoms with Gasteiger partial charge in [0, 0.05) is 17.8 Å². The number of halogens is 3. The minimum Gasteiger partial charge on any atom is -0.318 e. The molecule has 0 bridgehead atoms. The second-order valence-electron chi connectivity index (χ2n) is 7.21. The molecule has 1 aliphatic heterocycles. The fraction of sp³-hybridized carbons (Fsp3) is 0.611. The van der Waals surface area contributed by atoms with E-state index in [4.69, 9.17) is 0 Å². The molecule has 28 heavy (non-hydrogen) atoms. The fourth-order valence-electron chi connectivity index (χ4n) is 3.54. The first-order valence-electron chi connectivity index (χ1n) is 9.37. The van der Waals surface area contributed by atoms with Crippen LogP contribution in [-0.2, 0) is 14.8 Å². The van der Waals surface area contributed by atoms with Gasteiger partial charge in [0.2, 0.25) is 10.0 Å². The van der Waals surface area contributed by atoms with E-state index in [-0.39, 0.29) is 22.7 Å². The highest BCUT2D eigenvalue weighted by molar-refractivity contribution is 7.89. The van der Waals surface area contributed by atoms with E-state index in [1.807, 2.05) is 0 Å². The third kappa shape index (κ3) is 4.66. The quantitative estimate of drug-likeness (QED) is 0.770. The number of nitrogens with one attached hydrogen (secondary N) is 1. The van der Waals surface area contributed by atoms with Crippen molar-refractivity contribution in [3.05, 3.63) is 24.3 Å². The molecule has 1 amide bonds. The van der Waals surface area contributed by atoms with Crippen LogP contribution in [0.1, 0.15) is 32.6 Å². The average Bonchev–Trinajstić information content (AvgIpc) is 3.47. The molecule has 1 heterocycles. The molecule has 0 spiro atoms. The molecule has 1 aliphatic carbocycles. The minimum absolute atomic E-state index is 0.00668. The van der Waals surface area contributed by atoms with E-state index in [9.17, 15) is 26.4 Å². The molecule has 0 radical (unpaired) electrons. The summed E-state index contributed by atoms with van der Waals surface area (Å²) >= 11 is 0. The van der Waals surface area contributed by atoms with Crippen molar-refractivity contribution in [1.29, 1.82) is 0 Å². The molecule has 0 atom stereocenters. The summed E-state index contributed by atoms with van der Waals surface area (Å²) in [5.74, 6) is -2.09. The van der Waals surface area contributed by atoms with E-state index in [1.165, 1.54) is 24.3 Å². The van der Waals surface area contributed by atoms with E-state index < -0.39 is 22.1 Å². The molecular formula is C18H24F3N3O3S. The lowest BCUT2D eigenvalue weighted by Crippen LogP contribution is -2.48. The highest BCUT2D eigenvalue weighted by Gasteiger charge is 2.43. The summed E-state index contributed by atoms with van der Waals surface area (Å²) in [6.45, 7) is 4.72. The molecule has 1 N–H and O–H groups in total. The van der Waals surface area contributed by atoms with Gasteiger partial charge in [-0.2, -0.15) is 17.5 Å². The number of carbonyl (C=O) groups is 1. The fourth-order valence-corrected chi connectivity index (χ4v) is 5.47. The molecule has 1 aromatic carbocycles. The maximum absolute atomic E-state index is 13.2. The number of alkyl halides is 3. The molecule has 6 nitrogen and oxygen atoms in total. The van der Waals surface area contributed by atoms with E-state index in [0.717, 1.165) is 45.3 Å². The average molecular weight is 419 g/mol. The smallest absolute Gasteiger partial charge is 0.318 e. The van der Waals surface area contributed by atoms with Crippen LogP contribution in [-0.4, -0.2) is 61.4 Å². The highest BCUT2D eigenvalue weighted by atomic mass is 32.2. The van der Waals surface area contributed by atoms with Crippen molar-refractivity contribution in [3.63, 3.8) is 0 Å². The maximum Gasteiger partial charge on any atom is 0.471 e. The first-order valence-corrected chi connectivity index (χ1v) is 10.8. The monoisotopic (exact) mass is 419 g/mol. The third-order valence-corrected chi connectivity index (χ3v) is 7.24. The van der Waals surface area contributed by atoms with E-state index >= 15 is 0 Å². The lowest BCUT2D eigenvalue weighted by Gasteiger charge is -2.37. The summed E-state index contributed by atoms with van der Waals surface area (Å²) in [6.07, 6.45) is -1.81. The van der Waals surface area contributed by atoms with Crippen LogP contribution in [0.15, 0.2) is 29.2 Å². The summed E-state index contributed by atoms with van der Waals surface area (Å²) < 4.78 is 65.0. The van der Waals surface area contributed by atoms with Crippen molar-refractivity contribution >= 4 is 21.6 Å². The number of amides is 1. The molecule has 2 fully saturated rings. The number of rotatable bonds is 6. The number of likely N-dealkylation sites (tertiary alicyclic amines) is 1. The second kappa shape index (κ2) is 8.00. The minimum atomic E-state index is -5.00. The van der Waals surface area contributed by atoms with Crippen LogP contribution in [0.5, 0.6) is 0 Å². The zero-order valence-corrected chi connectivity index (χ0v) is 16.4. The molecule has 0 unspecified atom stereocenters. The van der Waals surface area contributed by atoms with Gasteiger partial charge in [0.05, 0.1) is 4.90 Å². The van der Waals surface area contributed by atoms with Gasteiger partial charge in [0.25, 0.3) is 0 Å². The van der Waals surface area contributed by atoms with Gasteiger partial charge in [0.15, 0.2) is 0 Å². The number of anilines is 1. The van der Waals surface area contributed by atoms with E-state index in [0.29, 0.717) is 0 Å². The first kappa shape index (κ1) is 21.1. The number of nitrogens with zero attached hydrogens (tertiary/aromatic N) is 2. The normalized spacial score (nSPS) is 19.8. The zero-order chi connectivity index (χ0) is 20.5. The molecule has 10 heteroatoms. The summed E-state index contributed by atoms with van der Waals surface area (Å²) in [7, 11) is -3.76. The van der Waals surface area contributed by atoms with E-state index in [1.54, 1.807) is 9.62 Å². The molecule has 2 aliphatic rings. The van der Waals surface area contributed by atoms with Gasteiger partial charge >= 0.3 is 12.1 Å². The number of piperidine rings is 1. The molecule has 1 saturated carbocycles. The van der Waals surface area contributed by atoms with Gasteiger partial charge in [-0.15, -0.1) is 0 Å². The van der Waals surface area contributed by atoms with Crippen LogP contribution in [0.3, 0.4) is 0 Å². The number of sulfonamides is 1. The molecule has 1 saturated heterocycles. The standard InChI is InChI=1S/C18H24F3N3O3S/c1-2-23-11-9-15(10-12-23)24(14-5-6-14)28(26,27)16-7-3-13(4-8-16)22-17(25)18(19,20)21/h3-4,7-8,14-15H,2,5-6,9-12H2,1H3,(H,22,25). The SMILES string of the molecule is CCN1CCC(N(C2CC2)S(=O)(=O)c2ccc(NC(=O)C(F)(F)F)cc2)CC1. The lowest BCUT2D eigenvalue weighted by atomic mass is 10.1. The predicted molar refractivity (Wildman–Crippen MR) is 98.3 cm³/mol. The number of hydrogen-bond acceptors (Lipinski definition) is 4. The van der Waals surface area contributed by atoms with Crippen molar-refractivity contribution in [3.8, 4) is 0 Å². The number of benzene rings is 1. The summed E-state index contributed by atoms with van der Waals surface area (Å²) in [5, 5.41) is 1.72. The Bertz CT molecular complexity index is 800. The van der Waals surface area contributed by atoms with Gasteiger partial charge in [-0.25, -0.2) is 8.42 Å². The van der Waals surface area contributed by atoms with Crippen molar-refractivity contribution in [2.45, 2.75) is 55.8 Å². The molecule has 3 rings (SSSR count). The summed E-state index contributed by atoms with van der Waals surface area (Å²) in [4.78, 5) is 13.3. The Hall–Kier alpha value is -1.65. The Morgan fingerprint density at radius 2 is 1.64 bits per heavy atom. The van der Waals surface area contributed by atoms with Crippen LogP contribution < -0.4 is 5.32 Å². The Labute approximate surface area is 162 Å². The van der Waals surface area contributed by atoms with Crippen LogP contribution in [0.25, 0.3) is 0 Å². The largest absolute Gasteiger partial charge is 0.471 e. The Balaban J connectivity index is 1.76. The highest BCUT2D eigenvalue weighted by Crippen LogP contribution is 2.37. The van der Waals surface area contributed by atoms with Crippen molar-refractivity contribution in [1.82, 2.24) is 9.21 Å². The number of hydrogen-bond donors (Lipinski definition) is 1. The topological polar surface area (TPSA) is 69.7 Å². The Morgan fingerprint density at radius 1 is 1.11 bits per heavy atom. The first-order chi connectivity index (χ1) is 13.1. The Morgan fingerprint density at radius 3 is 2.11 bits per heavy atom. The predicted octanol–water partition coefficient (Wildman–Crippen LogP) is 2.82. The van der Waals surface area contributed by atoms with Crippen LogP contribution >= 0.6 is 0 Å². The molecule has 156 valence electrons. The van der Waals surface area contributed by atoms with Crippen LogP contribution in [0, 0.1) is 0 Å². The summed E-state index contributed by atoms with van der Waals surface area (Å²) in [5.41, 5.74) is -0.101. The maximum atomic E-state index is 13.2. The van der Waals surface area contributed by atoms with Crippen molar-refractivity contribution < 1.29 is 26.4 Å². The number of carbonyl (C=O) groups excluding carboxylic acids is 1. The van der Waals surface area contributed by atoms with Gasteiger partial charge in [-0.1, -0.05) is 6.92 Å². The lowest BCUT2D eigenvalue weighted by molar-refractivity contribution is -0.167. The molecule has 1 aromatic rings.